The number of carbonyl (C=O) groups excluding carboxylic acids is 2. The van der Waals surface area contributed by atoms with E-state index in [1.54, 1.807) is 24.3 Å². The summed E-state index contributed by atoms with van der Waals surface area (Å²) in [5.41, 5.74) is 2.06. The Labute approximate surface area is 172 Å². The zero-order valence-corrected chi connectivity index (χ0v) is 16.5. The van der Waals surface area contributed by atoms with Crippen LogP contribution in [0.4, 0.5) is 4.39 Å². The Morgan fingerprint density at radius 1 is 1.14 bits per heavy atom. The lowest BCUT2D eigenvalue weighted by Gasteiger charge is -2.17. The van der Waals surface area contributed by atoms with Crippen LogP contribution < -0.4 is 5.32 Å². The number of hydrogen-bond acceptors (Lipinski definition) is 4. The molecule has 0 bridgehead atoms. The van der Waals surface area contributed by atoms with Crippen molar-refractivity contribution >= 4 is 29.4 Å². The zero-order valence-electron chi connectivity index (χ0n) is 15.8. The van der Waals surface area contributed by atoms with Crippen LogP contribution in [0.1, 0.15) is 24.8 Å². The van der Waals surface area contributed by atoms with Gasteiger partial charge in [0.1, 0.15) is 5.82 Å². The number of benzene rings is 2. The van der Waals surface area contributed by atoms with Gasteiger partial charge in [-0.05, 0) is 35.7 Å². The SMILES string of the molecule is COC(=O)CCC(=O)NC(CC(=O)O)Cc1ccc(-c2cc(F)ccc2Cl)cc1. The summed E-state index contributed by atoms with van der Waals surface area (Å²) in [4.78, 5) is 34.3. The minimum atomic E-state index is -1.05. The summed E-state index contributed by atoms with van der Waals surface area (Å²) in [6.07, 6.45) is -0.139. The number of carboxylic acid groups (broad SMARTS) is 1. The lowest BCUT2D eigenvalue weighted by Crippen LogP contribution is -2.38. The smallest absolute Gasteiger partial charge is 0.306 e. The third-order valence-corrected chi connectivity index (χ3v) is 4.58. The Morgan fingerprint density at radius 3 is 2.45 bits per heavy atom. The maximum absolute atomic E-state index is 13.5. The predicted molar refractivity (Wildman–Crippen MR) is 106 cm³/mol. The van der Waals surface area contributed by atoms with Crippen molar-refractivity contribution in [2.45, 2.75) is 31.7 Å². The highest BCUT2D eigenvalue weighted by atomic mass is 35.5. The summed E-state index contributed by atoms with van der Waals surface area (Å²) in [6, 6.07) is 10.5. The van der Waals surface area contributed by atoms with Gasteiger partial charge in [-0.15, -0.1) is 0 Å². The van der Waals surface area contributed by atoms with E-state index in [2.05, 4.69) is 10.1 Å². The molecule has 0 saturated heterocycles. The van der Waals surface area contributed by atoms with Gasteiger partial charge in [-0.2, -0.15) is 0 Å². The van der Waals surface area contributed by atoms with Crippen LogP contribution in [-0.4, -0.2) is 36.1 Å². The Bertz CT molecular complexity index is 885. The van der Waals surface area contributed by atoms with Crippen LogP contribution >= 0.6 is 11.6 Å². The monoisotopic (exact) mass is 421 g/mol. The van der Waals surface area contributed by atoms with Gasteiger partial charge in [0.2, 0.25) is 5.91 Å². The van der Waals surface area contributed by atoms with Gasteiger partial charge in [0, 0.05) is 23.0 Å². The molecule has 154 valence electrons. The van der Waals surface area contributed by atoms with Crippen LogP contribution in [0, 0.1) is 5.82 Å². The lowest BCUT2D eigenvalue weighted by molar-refractivity contribution is -0.142. The Kier molecular flexibility index (Phi) is 8.15. The second-order valence-electron chi connectivity index (χ2n) is 6.46. The average molecular weight is 422 g/mol. The molecule has 0 radical (unpaired) electrons. The van der Waals surface area contributed by atoms with Crippen molar-refractivity contribution in [2.75, 3.05) is 7.11 Å². The Hall–Kier alpha value is -2.93. The predicted octanol–water partition coefficient (Wildman–Crippen LogP) is 3.60. The van der Waals surface area contributed by atoms with E-state index in [1.807, 2.05) is 0 Å². The van der Waals surface area contributed by atoms with Crippen LogP contribution in [0.15, 0.2) is 42.5 Å². The average Bonchev–Trinajstić information content (AvgIpc) is 2.68. The third-order valence-electron chi connectivity index (χ3n) is 4.25. The van der Waals surface area contributed by atoms with Crippen molar-refractivity contribution in [3.05, 3.63) is 58.9 Å². The number of nitrogens with one attached hydrogen (secondary N) is 1. The molecule has 0 saturated carbocycles. The van der Waals surface area contributed by atoms with E-state index in [-0.39, 0.29) is 25.7 Å². The lowest BCUT2D eigenvalue weighted by atomic mass is 9.99. The van der Waals surface area contributed by atoms with E-state index >= 15 is 0 Å². The van der Waals surface area contributed by atoms with Gasteiger partial charge >= 0.3 is 11.9 Å². The standard InChI is InChI=1S/C21H21ClFNO5/c1-29-21(28)9-8-19(25)24-16(12-20(26)27)10-13-2-4-14(5-3-13)17-11-15(23)6-7-18(17)22/h2-7,11,16H,8-10,12H2,1H3,(H,24,25)(H,26,27). The summed E-state index contributed by atoms with van der Waals surface area (Å²) in [5.74, 6) is -2.39. The minimum Gasteiger partial charge on any atom is -0.481 e. The Morgan fingerprint density at radius 2 is 1.83 bits per heavy atom. The van der Waals surface area contributed by atoms with Gasteiger partial charge < -0.3 is 15.2 Å². The largest absolute Gasteiger partial charge is 0.481 e. The van der Waals surface area contributed by atoms with E-state index in [0.29, 0.717) is 10.6 Å². The number of ether oxygens (including phenoxy) is 1. The second kappa shape index (κ2) is 10.6. The summed E-state index contributed by atoms with van der Waals surface area (Å²) in [7, 11) is 1.23. The number of rotatable bonds is 9. The van der Waals surface area contributed by atoms with Gasteiger partial charge in [0.25, 0.3) is 0 Å². The van der Waals surface area contributed by atoms with E-state index in [4.69, 9.17) is 16.7 Å². The maximum atomic E-state index is 13.5. The number of carbonyl (C=O) groups is 3. The highest BCUT2D eigenvalue weighted by Crippen LogP contribution is 2.29. The number of amides is 1. The Balaban J connectivity index is 2.06. The molecule has 2 N–H and O–H groups in total. The number of methoxy groups -OCH3 is 1. The summed E-state index contributed by atoms with van der Waals surface area (Å²) >= 11 is 6.12. The first-order chi connectivity index (χ1) is 13.8. The van der Waals surface area contributed by atoms with E-state index in [1.165, 1.54) is 25.3 Å². The highest BCUT2D eigenvalue weighted by Gasteiger charge is 2.18. The fraction of sp³-hybridized carbons (Fsp3) is 0.286. The first-order valence-corrected chi connectivity index (χ1v) is 9.28. The molecule has 2 rings (SSSR count). The normalized spacial score (nSPS) is 11.6. The van der Waals surface area contributed by atoms with Gasteiger partial charge in [-0.3, -0.25) is 14.4 Å². The van der Waals surface area contributed by atoms with Crippen LogP contribution in [0.2, 0.25) is 5.02 Å². The third kappa shape index (κ3) is 7.19. The van der Waals surface area contributed by atoms with Gasteiger partial charge in [0.05, 0.1) is 20.0 Å². The van der Waals surface area contributed by atoms with E-state index in [0.717, 1.165) is 11.1 Å². The van der Waals surface area contributed by atoms with Gasteiger partial charge in [0.15, 0.2) is 0 Å². The first kappa shape index (κ1) is 22.4. The van der Waals surface area contributed by atoms with Crippen molar-refractivity contribution in [1.29, 1.82) is 0 Å². The molecule has 0 aliphatic rings. The summed E-state index contributed by atoms with van der Waals surface area (Å²) in [6.45, 7) is 0. The number of esters is 1. The minimum absolute atomic E-state index is 0.0782. The van der Waals surface area contributed by atoms with Crippen LogP contribution in [0.3, 0.4) is 0 Å². The van der Waals surface area contributed by atoms with Crippen LogP contribution in [0.25, 0.3) is 11.1 Å². The van der Waals surface area contributed by atoms with Gasteiger partial charge in [-0.1, -0.05) is 35.9 Å². The molecular formula is C21H21ClFNO5. The molecule has 6 nitrogen and oxygen atoms in total. The molecule has 0 heterocycles. The summed E-state index contributed by atoms with van der Waals surface area (Å²) < 4.78 is 18.0. The second-order valence-corrected chi connectivity index (χ2v) is 6.87. The van der Waals surface area contributed by atoms with Crippen molar-refractivity contribution < 1.29 is 28.6 Å². The molecule has 0 fully saturated rings. The molecule has 0 aromatic heterocycles. The topological polar surface area (TPSA) is 92.7 Å². The zero-order chi connectivity index (χ0) is 21.4. The maximum Gasteiger partial charge on any atom is 0.306 e. The van der Waals surface area contributed by atoms with Crippen molar-refractivity contribution in [1.82, 2.24) is 5.32 Å². The van der Waals surface area contributed by atoms with Crippen molar-refractivity contribution in [3.63, 3.8) is 0 Å². The van der Waals surface area contributed by atoms with Gasteiger partial charge in [-0.25, -0.2) is 4.39 Å². The van der Waals surface area contributed by atoms with Crippen molar-refractivity contribution in [2.24, 2.45) is 0 Å². The molecule has 2 aromatic rings. The van der Waals surface area contributed by atoms with E-state index in [9.17, 15) is 18.8 Å². The number of aliphatic carboxylic acids is 1. The fourth-order valence-corrected chi connectivity index (χ4v) is 3.05. The van der Waals surface area contributed by atoms with Crippen molar-refractivity contribution in [3.8, 4) is 11.1 Å². The molecule has 0 aliphatic carbocycles. The molecule has 0 spiro atoms. The first-order valence-electron chi connectivity index (χ1n) is 8.91. The number of carboxylic acids is 1. The van der Waals surface area contributed by atoms with Crippen LogP contribution in [-0.2, 0) is 25.5 Å². The fourth-order valence-electron chi connectivity index (χ4n) is 2.83. The summed E-state index contributed by atoms with van der Waals surface area (Å²) in [5, 5.41) is 12.2. The number of hydrogen-bond donors (Lipinski definition) is 2. The highest BCUT2D eigenvalue weighted by molar-refractivity contribution is 6.33. The number of halogens is 2. The molecule has 1 amide bonds. The molecule has 1 atom stereocenters. The molecule has 2 aromatic carbocycles. The van der Waals surface area contributed by atoms with Crippen LogP contribution in [0.5, 0.6) is 0 Å². The molecule has 8 heteroatoms. The molecule has 1 unspecified atom stereocenters. The molecule has 29 heavy (non-hydrogen) atoms. The van der Waals surface area contributed by atoms with E-state index < -0.39 is 29.7 Å². The molecule has 0 aliphatic heterocycles. The molecular weight excluding hydrogens is 401 g/mol. The quantitative estimate of drug-likeness (QED) is 0.603.